The fourth-order valence-electron chi connectivity index (χ4n) is 1.90. The molecule has 0 fully saturated rings. The normalized spacial score (nSPS) is 14.0. The summed E-state index contributed by atoms with van der Waals surface area (Å²) in [5.41, 5.74) is 1.04. The van der Waals surface area contributed by atoms with Crippen molar-refractivity contribution in [3.8, 4) is 6.07 Å². The third kappa shape index (κ3) is 4.76. The van der Waals surface area contributed by atoms with Gasteiger partial charge in [-0.1, -0.05) is 19.1 Å². The largest absolute Gasteiger partial charge is 0.465 e. The molecule has 2 N–H and O–H groups in total. The molecular formula is C14H18N2O4S. The van der Waals surface area contributed by atoms with Crippen LogP contribution in [0.5, 0.6) is 0 Å². The van der Waals surface area contributed by atoms with E-state index in [4.69, 9.17) is 10.4 Å². The fraction of sp³-hybridized carbons (Fsp3) is 0.429. The molecule has 1 amide bonds. The Bertz CT molecular complexity index is 632. The van der Waals surface area contributed by atoms with Gasteiger partial charge in [0.05, 0.1) is 22.6 Å². The van der Waals surface area contributed by atoms with Crippen LogP contribution in [0.25, 0.3) is 0 Å². The minimum Gasteiger partial charge on any atom is -0.465 e. The van der Waals surface area contributed by atoms with E-state index in [9.17, 15) is 13.2 Å². The van der Waals surface area contributed by atoms with Crippen molar-refractivity contribution in [1.82, 2.24) is 5.32 Å². The van der Waals surface area contributed by atoms with Crippen LogP contribution in [0.3, 0.4) is 0 Å². The van der Waals surface area contributed by atoms with E-state index in [0.717, 1.165) is 0 Å². The summed E-state index contributed by atoms with van der Waals surface area (Å²) in [5.74, 6) is -0.253. The molecule has 6 nitrogen and oxygen atoms in total. The van der Waals surface area contributed by atoms with Gasteiger partial charge in [-0.25, -0.2) is 13.2 Å². The van der Waals surface area contributed by atoms with E-state index in [1.807, 2.05) is 6.07 Å². The number of rotatable bonds is 6. The van der Waals surface area contributed by atoms with Crippen molar-refractivity contribution < 1.29 is 18.3 Å². The van der Waals surface area contributed by atoms with E-state index in [1.165, 1.54) is 0 Å². The number of carbonyl (C=O) groups is 1. The number of nitrogens with one attached hydrogen (secondary N) is 1. The van der Waals surface area contributed by atoms with Gasteiger partial charge in [0.15, 0.2) is 9.84 Å². The second-order valence-electron chi connectivity index (χ2n) is 4.76. The summed E-state index contributed by atoms with van der Waals surface area (Å²) >= 11 is 0. The first kappa shape index (κ1) is 17.0. The Hall–Kier alpha value is -2.07. The lowest BCUT2D eigenvalue weighted by Gasteiger charge is -2.19. The van der Waals surface area contributed by atoms with Crippen molar-refractivity contribution in [3.63, 3.8) is 0 Å². The summed E-state index contributed by atoms with van der Waals surface area (Å²) in [6.45, 7) is 3.28. The summed E-state index contributed by atoms with van der Waals surface area (Å²) in [6.07, 6.45) is -0.839. The van der Waals surface area contributed by atoms with Gasteiger partial charge in [0, 0.05) is 6.04 Å². The van der Waals surface area contributed by atoms with E-state index in [0.29, 0.717) is 17.5 Å². The fourth-order valence-corrected chi connectivity index (χ4v) is 3.64. The van der Waals surface area contributed by atoms with Gasteiger partial charge in [0.25, 0.3) is 0 Å². The zero-order valence-corrected chi connectivity index (χ0v) is 12.7. The Morgan fingerprint density at radius 3 is 2.38 bits per heavy atom. The van der Waals surface area contributed by atoms with Crippen LogP contribution < -0.4 is 5.32 Å². The SMILES string of the molecule is CC[C@@H](CS(=O)(=O)C(C)c1ccc(C#N)cc1)NC(=O)O. The molecule has 0 bridgehead atoms. The van der Waals surface area contributed by atoms with Gasteiger partial charge in [-0.05, 0) is 31.0 Å². The van der Waals surface area contributed by atoms with Crippen LogP contribution >= 0.6 is 0 Å². The van der Waals surface area contributed by atoms with Crippen LogP contribution in [-0.4, -0.2) is 31.4 Å². The van der Waals surface area contributed by atoms with Crippen LogP contribution in [0.2, 0.25) is 0 Å². The van der Waals surface area contributed by atoms with Crippen molar-refractivity contribution in [2.45, 2.75) is 31.6 Å². The number of benzene rings is 1. The molecule has 1 unspecified atom stereocenters. The Kier molecular flexibility index (Phi) is 5.73. The second-order valence-corrected chi connectivity index (χ2v) is 7.13. The highest BCUT2D eigenvalue weighted by molar-refractivity contribution is 7.91. The molecule has 1 aromatic rings. The predicted molar refractivity (Wildman–Crippen MR) is 78.6 cm³/mol. The molecule has 21 heavy (non-hydrogen) atoms. The molecule has 114 valence electrons. The standard InChI is InChI=1S/C14H18N2O4S/c1-3-13(16-14(17)18)9-21(19,20)10(2)12-6-4-11(8-15)5-7-12/h4-7,10,13,16H,3,9H2,1-2H3,(H,17,18)/t10?,13-/m0/s1. The van der Waals surface area contributed by atoms with Gasteiger partial charge in [-0.15, -0.1) is 0 Å². The smallest absolute Gasteiger partial charge is 0.404 e. The van der Waals surface area contributed by atoms with E-state index in [-0.39, 0.29) is 5.75 Å². The minimum absolute atomic E-state index is 0.253. The summed E-state index contributed by atoms with van der Waals surface area (Å²) in [4.78, 5) is 10.6. The Morgan fingerprint density at radius 2 is 1.95 bits per heavy atom. The lowest BCUT2D eigenvalue weighted by Crippen LogP contribution is -2.39. The van der Waals surface area contributed by atoms with E-state index >= 15 is 0 Å². The van der Waals surface area contributed by atoms with Crippen molar-refractivity contribution >= 4 is 15.9 Å². The van der Waals surface area contributed by atoms with Crippen LogP contribution in [0.15, 0.2) is 24.3 Å². The second kappa shape index (κ2) is 7.09. The number of amides is 1. The topological polar surface area (TPSA) is 107 Å². The Morgan fingerprint density at radius 1 is 1.38 bits per heavy atom. The molecule has 0 spiro atoms. The molecule has 2 atom stereocenters. The zero-order chi connectivity index (χ0) is 16.0. The molecule has 0 aromatic heterocycles. The maximum atomic E-state index is 12.3. The lowest BCUT2D eigenvalue weighted by atomic mass is 10.1. The van der Waals surface area contributed by atoms with Crippen LogP contribution in [0.4, 0.5) is 4.79 Å². The van der Waals surface area contributed by atoms with Crippen LogP contribution in [0, 0.1) is 11.3 Å². The van der Waals surface area contributed by atoms with E-state index in [2.05, 4.69) is 5.32 Å². The number of carboxylic acid groups (broad SMARTS) is 1. The first-order valence-corrected chi connectivity index (χ1v) is 8.22. The highest BCUT2D eigenvalue weighted by Crippen LogP contribution is 2.23. The molecule has 7 heteroatoms. The summed E-state index contributed by atoms with van der Waals surface area (Å²) < 4.78 is 24.7. The molecule has 1 aromatic carbocycles. The number of sulfone groups is 1. The Balaban J connectivity index is 2.89. The monoisotopic (exact) mass is 310 g/mol. The zero-order valence-electron chi connectivity index (χ0n) is 11.9. The lowest BCUT2D eigenvalue weighted by molar-refractivity contribution is 0.190. The molecule has 0 heterocycles. The summed E-state index contributed by atoms with van der Waals surface area (Å²) in [6, 6.07) is 7.67. The molecule has 0 aliphatic heterocycles. The average molecular weight is 310 g/mol. The summed E-state index contributed by atoms with van der Waals surface area (Å²) in [7, 11) is -3.50. The van der Waals surface area contributed by atoms with Gasteiger partial charge < -0.3 is 10.4 Å². The van der Waals surface area contributed by atoms with Gasteiger partial charge in [-0.3, -0.25) is 0 Å². The van der Waals surface area contributed by atoms with Crippen LogP contribution in [-0.2, 0) is 9.84 Å². The van der Waals surface area contributed by atoms with Crippen molar-refractivity contribution in [1.29, 1.82) is 5.26 Å². The van der Waals surface area contributed by atoms with Gasteiger partial charge in [0.2, 0.25) is 0 Å². The van der Waals surface area contributed by atoms with Gasteiger partial charge in [-0.2, -0.15) is 5.26 Å². The number of hydrogen-bond acceptors (Lipinski definition) is 4. The summed E-state index contributed by atoms with van der Waals surface area (Å²) in [5, 5.41) is 18.9. The van der Waals surface area contributed by atoms with Gasteiger partial charge in [0.1, 0.15) is 0 Å². The third-order valence-electron chi connectivity index (χ3n) is 3.30. The molecule has 0 saturated heterocycles. The van der Waals surface area contributed by atoms with Crippen molar-refractivity contribution in [2.24, 2.45) is 0 Å². The van der Waals surface area contributed by atoms with E-state index in [1.54, 1.807) is 38.1 Å². The molecule has 0 radical (unpaired) electrons. The number of nitriles is 1. The van der Waals surface area contributed by atoms with E-state index < -0.39 is 27.2 Å². The Labute approximate surface area is 124 Å². The van der Waals surface area contributed by atoms with Crippen LogP contribution in [0.1, 0.15) is 36.6 Å². The molecular weight excluding hydrogens is 292 g/mol. The highest BCUT2D eigenvalue weighted by Gasteiger charge is 2.26. The molecule has 0 saturated carbocycles. The maximum absolute atomic E-state index is 12.3. The van der Waals surface area contributed by atoms with Crippen molar-refractivity contribution in [3.05, 3.63) is 35.4 Å². The van der Waals surface area contributed by atoms with Crippen molar-refractivity contribution in [2.75, 3.05) is 5.75 Å². The average Bonchev–Trinajstić information content (AvgIpc) is 2.45. The molecule has 1 rings (SSSR count). The first-order valence-electron chi connectivity index (χ1n) is 6.51. The predicted octanol–water partition coefficient (Wildman–Crippen LogP) is 2.08. The highest BCUT2D eigenvalue weighted by atomic mass is 32.2. The quantitative estimate of drug-likeness (QED) is 0.836. The van der Waals surface area contributed by atoms with Gasteiger partial charge >= 0.3 is 6.09 Å². The maximum Gasteiger partial charge on any atom is 0.404 e. The first-order chi connectivity index (χ1) is 9.80. The number of nitrogens with zero attached hydrogens (tertiary/aromatic N) is 1. The number of hydrogen-bond donors (Lipinski definition) is 2. The molecule has 0 aliphatic rings. The minimum atomic E-state index is -3.50. The third-order valence-corrected chi connectivity index (χ3v) is 5.52. The molecule has 0 aliphatic carbocycles.